The predicted octanol–water partition coefficient (Wildman–Crippen LogP) is 6.06. The van der Waals surface area contributed by atoms with Crippen molar-refractivity contribution in [1.82, 2.24) is 5.32 Å². The number of carbonyl (C=O) groups is 2. The molecular formula is C24H39NO3S. The number of Topliss-reactive ketones (excluding diaryl/α,β-unsaturated/α-hetero) is 1. The smallest absolute Gasteiger partial charge is 0.221 e. The topological polar surface area (TPSA) is 66.4 Å². The molecule has 0 aromatic heterocycles. The number of aliphatic hydroxyl groups excluding tert-OH is 1. The Hall–Kier alpha value is -1.75. The van der Waals surface area contributed by atoms with Gasteiger partial charge in [-0.1, -0.05) is 41.5 Å². The van der Waals surface area contributed by atoms with Crippen LogP contribution in [-0.2, 0) is 9.59 Å². The number of nitrogens with one attached hydrogen (secondary N) is 1. The highest BCUT2D eigenvalue weighted by Gasteiger charge is 2.16. The molecule has 2 N–H and O–H groups in total. The number of amides is 1. The molecular weight excluding hydrogens is 382 g/mol. The Bertz CT molecular complexity index is 628. The number of ketones is 1. The highest BCUT2D eigenvalue weighted by Crippen LogP contribution is 2.13. The third-order valence-electron chi connectivity index (χ3n) is 4.42. The first kappa shape index (κ1) is 27.2. The van der Waals surface area contributed by atoms with Crippen molar-refractivity contribution in [2.45, 2.75) is 79.2 Å². The van der Waals surface area contributed by atoms with Gasteiger partial charge in [-0.25, -0.2) is 0 Å². The van der Waals surface area contributed by atoms with Gasteiger partial charge < -0.3 is 10.4 Å². The highest BCUT2D eigenvalue weighted by atomic mass is 32.2. The van der Waals surface area contributed by atoms with Gasteiger partial charge in [0.25, 0.3) is 0 Å². The van der Waals surface area contributed by atoms with Crippen LogP contribution < -0.4 is 5.32 Å². The van der Waals surface area contributed by atoms with Gasteiger partial charge in [0.05, 0.1) is 11.8 Å². The van der Waals surface area contributed by atoms with E-state index in [0.717, 1.165) is 31.4 Å². The molecule has 0 aliphatic heterocycles. The predicted molar refractivity (Wildman–Crippen MR) is 126 cm³/mol. The summed E-state index contributed by atoms with van der Waals surface area (Å²) < 4.78 is 0. The standard InChI is InChI=1S/C24H39NO3S/c1-18(2)9-7-10-19(3)11-8-12-20(4)15-16-29-17-23(22(6)27)25-24(28)14-13-21(5)26/h9,11,15,23,26H,5,7-8,10,12-14,16-17H2,1-4,6H3,(H,25,28)/b19-11+,20-15+/t23-/m0/s1. The van der Waals surface area contributed by atoms with Crippen molar-refractivity contribution < 1.29 is 14.7 Å². The molecule has 1 atom stereocenters. The summed E-state index contributed by atoms with van der Waals surface area (Å²) in [6.07, 6.45) is 11.5. The van der Waals surface area contributed by atoms with Gasteiger partial charge in [-0.15, -0.1) is 0 Å². The van der Waals surface area contributed by atoms with Crippen LogP contribution in [0.1, 0.15) is 73.1 Å². The molecule has 0 saturated heterocycles. The largest absolute Gasteiger partial charge is 0.513 e. The van der Waals surface area contributed by atoms with Gasteiger partial charge in [0, 0.05) is 24.3 Å². The maximum Gasteiger partial charge on any atom is 0.221 e. The quantitative estimate of drug-likeness (QED) is 0.191. The van der Waals surface area contributed by atoms with E-state index in [2.05, 4.69) is 57.8 Å². The minimum Gasteiger partial charge on any atom is -0.513 e. The monoisotopic (exact) mass is 421 g/mol. The van der Waals surface area contributed by atoms with Crippen molar-refractivity contribution >= 4 is 23.5 Å². The molecule has 0 rings (SSSR count). The van der Waals surface area contributed by atoms with Crippen LogP contribution in [0.2, 0.25) is 0 Å². The van der Waals surface area contributed by atoms with Crippen LogP contribution in [0.5, 0.6) is 0 Å². The average Bonchev–Trinajstić information content (AvgIpc) is 2.61. The third kappa shape index (κ3) is 16.9. The fourth-order valence-corrected chi connectivity index (χ4v) is 3.60. The summed E-state index contributed by atoms with van der Waals surface area (Å²) in [5, 5.41) is 11.8. The second-order valence-electron chi connectivity index (χ2n) is 7.79. The molecule has 0 heterocycles. The van der Waals surface area contributed by atoms with Crippen molar-refractivity contribution in [2.75, 3.05) is 11.5 Å². The van der Waals surface area contributed by atoms with E-state index in [1.54, 1.807) is 11.8 Å². The van der Waals surface area contributed by atoms with Gasteiger partial charge in [-0.05, 0) is 60.3 Å². The van der Waals surface area contributed by atoms with E-state index in [4.69, 9.17) is 5.11 Å². The Morgan fingerprint density at radius 3 is 2.07 bits per heavy atom. The molecule has 0 saturated carbocycles. The number of allylic oxidation sites excluding steroid dienone is 6. The number of carbonyl (C=O) groups excluding carboxylic acids is 2. The van der Waals surface area contributed by atoms with Crippen LogP contribution in [0.4, 0.5) is 0 Å². The zero-order valence-electron chi connectivity index (χ0n) is 18.8. The number of hydrogen-bond donors (Lipinski definition) is 2. The summed E-state index contributed by atoms with van der Waals surface area (Å²) in [6, 6.07) is -0.487. The van der Waals surface area contributed by atoms with Crippen molar-refractivity contribution in [1.29, 1.82) is 0 Å². The second-order valence-corrected chi connectivity index (χ2v) is 8.87. The van der Waals surface area contributed by atoms with E-state index in [1.165, 1.54) is 23.6 Å². The molecule has 5 heteroatoms. The molecule has 0 fully saturated rings. The Morgan fingerprint density at radius 2 is 1.52 bits per heavy atom. The second kappa shape index (κ2) is 16.1. The van der Waals surface area contributed by atoms with Crippen LogP contribution in [0.15, 0.2) is 47.3 Å². The fourth-order valence-electron chi connectivity index (χ4n) is 2.51. The van der Waals surface area contributed by atoms with Crippen molar-refractivity contribution in [2.24, 2.45) is 0 Å². The zero-order chi connectivity index (χ0) is 22.2. The van der Waals surface area contributed by atoms with E-state index in [0.29, 0.717) is 5.75 Å². The lowest BCUT2D eigenvalue weighted by molar-refractivity contribution is -0.126. The first-order valence-corrected chi connectivity index (χ1v) is 11.5. The molecule has 29 heavy (non-hydrogen) atoms. The van der Waals surface area contributed by atoms with E-state index < -0.39 is 6.04 Å². The number of rotatable bonds is 15. The fraction of sp³-hybridized carbons (Fsp3) is 0.583. The number of aliphatic hydroxyl groups is 1. The van der Waals surface area contributed by atoms with Crippen molar-refractivity contribution in [3.05, 3.63) is 47.3 Å². The lowest BCUT2D eigenvalue weighted by Crippen LogP contribution is -2.41. The molecule has 0 aliphatic rings. The molecule has 4 nitrogen and oxygen atoms in total. The molecule has 0 radical (unpaired) electrons. The molecule has 0 aromatic carbocycles. The van der Waals surface area contributed by atoms with E-state index >= 15 is 0 Å². The summed E-state index contributed by atoms with van der Waals surface area (Å²) >= 11 is 1.64. The minimum atomic E-state index is -0.487. The summed E-state index contributed by atoms with van der Waals surface area (Å²) in [5.74, 6) is 1.06. The van der Waals surface area contributed by atoms with Gasteiger partial charge in [-0.3, -0.25) is 9.59 Å². The minimum absolute atomic E-state index is 0.0209. The summed E-state index contributed by atoms with van der Waals surface area (Å²) in [5.41, 5.74) is 4.15. The number of hydrogen-bond acceptors (Lipinski definition) is 4. The maximum atomic E-state index is 11.8. The SMILES string of the molecule is C=C(O)CCC(=O)N[C@@H](CSC/C=C(\C)CC/C=C(\C)CCC=C(C)C)C(C)=O. The summed E-state index contributed by atoms with van der Waals surface area (Å²) in [7, 11) is 0. The van der Waals surface area contributed by atoms with Crippen molar-refractivity contribution in [3.63, 3.8) is 0 Å². The van der Waals surface area contributed by atoms with Crippen LogP contribution in [-0.4, -0.2) is 34.3 Å². The lowest BCUT2D eigenvalue weighted by atomic mass is 10.1. The molecule has 0 aliphatic carbocycles. The van der Waals surface area contributed by atoms with E-state index in [1.807, 2.05) is 0 Å². The third-order valence-corrected chi connectivity index (χ3v) is 5.39. The van der Waals surface area contributed by atoms with Crippen LogP contribution in [0.3, 0.4) is 0 Å². The Labute approximate surface area is 181 Å². The Kier molecular flexibility index (Phi) is 15.1. The molecule has 0 bridgehead atoms. The van der Waals surface area contributed by atoms with Crippen LogP contribution >= 0.6 is 11.8 Å². The number of thioether (sulfide) groups is 1. The first-order valence-electron chi connectivity index (χ1n) is 10.3. The maximum absolute atomic E-state index is 11.8. The lowest BCUT2D eigenvalue weighted by Gasteiger charge is -2.15. The van der Waals surface area contributed by atoms with E-state index in [9.17, 15) is 9.59 Å². The highest BCUT2D eigenvalue weighted by molar-refractivity contribution is 7.99. The van der Waals surface area contributed by atoms with Gasteiger partial charge >= 0.3 is 0 Å². The molecule has 1 amide bonds. The van der Waals surface area contributed by atoms with Gasteiger partial charge in [0.1, 0.15) is 0 Å². The Balaban J connectivity index is 4.20. The average molecular weight is 422 g/mol. The van der Waals surface area contributed by atoms with Crippen LogP contribution in [0.25, 0.3) is 0 Å². The van der Waals surface area contributed by atoms with Crippen LogP contribution in [0, 0.1) is 0 Å². The zero-order valence-corrected chi connectivity index (χ0v) is 19.7. The Morgan fingerprint density at radius 1 is 0.931 bits per heavy atom. The molecule has 164 valence electrons. The van der Waals surface area contributed by atoms with Gasteiger partial charge in [0.15, 0.2) is 5.78 Å². The van der Waals surface area contributed by atoms with Gasteiger partial charge in [-0.2, -0.15) is 11.8 Å². The molecule has 0 aromatic rings. The summed E-state index contributed by atoms with van der Waals surface area (Å²) in [6.45, 7) is 13.4. The van der Waals surface area contributed by atoms with E-state index in [-0.39, 0.29) is 30.3 Å². The summed E-state index contributed by atoms with van der Waals surface area (Å²) in [4.78, 5) is 23.6. The molecule has 0 unspecified atom stereocenters. The first-order chi connectivity index (χ1) is 13.6. The normalized spacial score (nSPS) is 13.0. The molecule has 0 spiro atoms. The van der Waals surface area contributed by atoms with Crippen molar-refractivity contribution in [3.8, 4) is 0 Å². The van der Waals surface area contributed by atoms with Gasteiger partial charge in [0.2, 0.25) is 5.91 Å².